The zero-order valence-electron chi connectivity index (χ0n) is 15.7. The van der Waals surface area contributed by atoms with Crippen molar-refractivity contribution in [3.63, 3.8) is 0 Å². The van der Waals surface area contributed by atoms with Crippen LogP contribution in [0, 0.1) is 5.92 Å². The van der Waals surface area contributed by atoms with Crippen molar-refractivity contribution in [2.24, 2.45) is 5.92 Å². The smallest absolute Gasteiger partial charge is 0.163 e. The summed E-state index contributed by atoms with van der Waals surface area (Å²) >= 11 is 0. The number of hydrogen-bond donors (Lipinski definition) is 0. The topological polar surface area (TPSA) is 27.7 Å². The van der Waals surface area contributed by atoms with Crippen molar-refractivity contribution in [2.45, 2.75) is 78.2 Å². The van der Waals surface area contributed by atoms with Gasteiger partial charge in [-0.3, -0.25) is 0 Å². The van der Waals surface area contributed by atoms with E-state index >= 15 is 0 Å². The lowest BCUT2D eigenvalue weighted by Gasteiger charge is -2.42. The molecular formula is C21H32O3. The van der Waals surface area contributed by atoms with Gasteiger partial charge in [0.2, 0.25) is 0 Å². The minimum atomic E-state index is -0.535. The van der Waals surface area contributed by atoms with Crippen LogP contribution in [0.3, 0.4) is 0 Å². The molecule has 0 N–H and O–H groups in total. The van der Waals surface area contributed by atoms with Gasteiger partial charge in [-0.25, -0.2) is 0 Å². The first-order valence-electron chi connectivity index (χ1n) is 8.95. The summed E-state index contributed by atoms with van der Waals surface area (Å²) in [5, 5.41) is 0. The van der Waals surface area contributed by atoms with Gasteiger partial charge >= 0.3 is 0 Å². The fraction of sp³-hybridized carbons (Fsp3) is 0.619. The lowest BCUT2D eigenvalue weighted by Crippen LogP contribution is -2.46. The molecule has 3 nitrogen and oxygen atoms in total. The quantitative estimate of drug-likeness (QED) is 0.650. The Morgan fingerprint density at radius 1 is 1.21 bits per heavy atom. The third-order valence-corrected chi connectivity index (χ3v) is 4.53. The molecule has 0 unspecified atom stereocenters. The molecule has 0 radical (unpaired) electrons. The summed E-state index contributed by atoms with van der Waals surface area (Å²) in [5.74, 6) is -0.0533. The molecule has 0 aromatic heterocycles. The molecule has 1 aliphatic rings. The van der Waals surface area contributed by atoms with Crippen LogP contribution in [-0.4, -0.2) is 24.1 Å². The molecule has 2 rings (SSSR count). The lowest BCUT2D eigenvalue weighted by atomic mass is 9.94. The minimum Gasteiger partial charge on any atom is -0.369 e. The van der Waals surface area contributed by atoms with E-state index < -0.39 is 5.79 Å². The molecule has 134 valence electrons. The average molecular weight is 332 g/mol. The fourth-order valence-corrected chi connectivity index (χ4v) is 3.05. The van der Waals surface area contributed by atoms with E-state index in [0.29, 0.717) is 12.5 Å². The van der Waals surface area contributed by atoms with Gasteiger partial charge in [0.15, 0.2) is 5.79 Å². The van der Waals surface area contributed by atoms with Gasteiger partial charge in [0.25, 0.3) is 0 Å². The second-order valence-corrected chi connectivity index (χ2v) is 7.58. The van der Waals surface area contributed by atoms with Crippen molar-refractivity contribution >= 4 is 0 Å². The standard InChI is InChI=1S/C21H32O3/c1-15(2)20-13-19(23-21(5,6)24-20)12-16(3)17(4)22-14-18-10-8-7-9-11-18/h7-11,15,17,19-20H,3,12-14H2,1-2,4-6H3/t17-,19+,20-/m1/s1. The normalized spacial score (nSPS) is 24.8. The summed E-state index contributed by atoms with van der Waals surface area (Å²) in [6, 6.07) is 10.2. The van der Waals surface area contributed by atoms with E-state index in [0.717, 1.165) is 18.4 Å². The van der Waals surface area contributed by atoms with Gasteiger partial charge in [-0.2, -0.15) is 0 Å². The summed E-state index contributed by atoms with van der Waals surface area (Å²) in [4.78, 5) is 0. The zero-order chi connectivity index (χ0) is 17.7. The molecule has 3 atom stereocenters. The van der Waals surface area contributed by atoms with Crippen molar-refractivity contribution in [3.05, 3.63) is 48.0 Å². The highest BCUT2D eigenvalue weighted by Crippen LogP contribution is 2.33. The van der Waals surface area contributed by atoms with Gasteiger partial charge in [-0.05, 0) is 44.2 Å². The Balaban J connectivity index is 1.86. The highest BCUT2D eigenvalue weighted by Gasteiger charge is 2.37. The van der Waals surface area contributed by atoms with E-state index in [1.165, 1.54) is 5.56 Å². The Morgan fingerprint density at radius 3 is 2.50 bits per heavy atom. The Labute approximate surface area is 147 Å². The predicted molar refractivity (Wildman–Crippen MR) is 97.7 cm³/mol. The number of rotatable bonds is 7. The second-order valence-electron chi connectivity index (χ2n) is 7.58. The van der Waals surface area contributed by atoms with Gasteiger partial charge in [-0.15, -0.1) is 0 Å². The minimum absolute atomic E-state index is 0.0114. The molecule has 24 heavy (non-hydrogen) atoms. The number of ether oxygens (including phenoxy) is 3. The van der Waals surface area contributed by atoms with Crippen LogP contribution in [-0.2, 0) is 20.8 Å². The summed E-state index contributed by atoms with van der Waals surface area (Å²) in [7, 11) is 0. The van der Waals surface area contributed by atoms with Gasteiger partial charge in [-0.1, -0.05) is 50.8 Å². The Bertz CT molecular complexity index is 521. The average Bonchev–Trinajstić information content (AvgIpc) is 2.51. The van der Waals surface area contributed by atoms with Gasteiger partial charge in [0.1, 0.15) is 0 Å². The van der Waals surface area contributed by atoms with Crippen molar-refractivity contribution in [2.75, 3.05) is 0 Å². The van der Waals surface area contributed by atoms with Crippen LogP contribution in [0.5, 0.6) is 0 Å². The monoisotopic (exact) mass is 332 g/mol. The largest absolute Gasteiger partial charge is 0.369 e. The summed E-state index contributed by atoms with van der Waals surface area (Å²) in [6.45, 7) is 15.3. The molecule has 1 saturated heterocycles. The maximum atomic E-state index is 6.10. The van der Waals surface area contributed by atoms with Crippen LogP contribution in [0.25, 0.3) is 0 Å². The molecule has 0 spiro atoms. The summed E-state index contributed by atoms with van der Waals surface area (Å²) in [5.41, 5.74) is 2.26. The van der Waals surface area contributed by atoms with Crippen molar-refractivity contribution in [3.8, 4) is 0 Å². The van der Waals surface area contributed by atoms with Crippen LogP contribution in [0.15, 0.2) is 42.5 Å². The number of hydrogen-bond acceptors (Lipinski definition) is 3. The lowest BCUT2D eigenvalue weighted by molar-refractivity contribution is -0.306. The highest BCUT2D eigenvalue weighted by atomic mass is 16.7. The first kappa shape index (κ1) is 19.2. The molecule has 1 fully saturated rings. The molecule has 1 aromatic carbocycles. The molecule has 0 aliphatic carbocycles. The van der Waals surface area contributed by atoms with E-state index in [4.69, 9.17) is 14.2 Å². The van der Waals surface area contributed by atoms with Gasteiger partial charge < -0.3 is 14.2 Å². The predicted octanol–water partition coefficient (Wildman–Crippen LogP) is 5.10. The van der Waals surface area contributed by atoms with Crippen LogP contribution < -0.4 is 0 Å². The first-order valence-corrected chi connectivity index (χ1v) is 8.95. The molecule has 0 amide bonds. The van der Waals surface area contributed by atoms with Crippen molar-refractivity contribution in [1.82, 2.24) is 0 Å². The third kappa shape index (κ3) is 5.73. The molecule has 1 aliphatic heterocycles. The molecule has 1 aromatic rings. The summed E-state index contributed by atoms with van der Waals surface area (Å²) < 4.78 is 18.1. The van der Waals surface area contributed by atoms with Crippen LogP contribution in [0.4, 0.5) is 0 Å². The van der Waals surface area contributed by atoms with Crippen LogP contribution in [0.1, 0.15) is 53.0 Å². The highest BCUT2D eigenvalue weighted by molar-refractivity contribution is 5.14. The SMILES string of the molecule is C=C(C[C@H]1C[C@H](C(C)C)OC(C)(C)O1)[C@@H](C)OCc1ccccc1. The fourth-order valence-electron chi connectivity index (χ4n) is 3.05. The zero-order valence-corrected chi connectivity index (χ0v) is 15.7. The van der Waals surface area contributed by atoms with Gasteiger partial charge in [0, 0.05) is 6.42 Å². The van der Waals surface area contributed by atoms with Crippen molar-refractivity contribution in [1.29, 1.82) is 0 Å². The Kier molecular flexibility index (Phi) is 6.62. The molecule has 3 heteroatoms. The Morgan fingerprint density at radius 2 is 1.88 bits per heavy atom. The first-order chi connectivity index (χ1) is 11.3. The molecule has 1 heterocycles. The Hall–Kier alpha value is -1.16. The molecule has 0 saturated carbocycles. The van der Waals surface area contributed by atoms with Crippen LogP contribution in [0.2, 0.25) is 0 Å². The number of benzene rings is 1. The van der Waals surface area contributed by atoms with E-state index in [1.807, 2.05) is 32.0 Å². The molecular weight excluding hydrogens is 300 g/mol. The van der Waals surface area contributed by atoms with E-state index in [-0.39, 0.29) is 18.3 Å². The second kappa shape index (κ2) is 8.28. The molecule has 0 bridgehead atoms. The van der Waals surface area contributed by atoms with Crippen molar-refractivity contribution < 1.29 is 14.2 Å². The van der Waals surface area contributed by atoms with Crippen LogP contribution >= 0.6 is 0 Å². The maximum Gasteiger partial charge on any atom is 0.163 e. The van der Waals surface area contributed by atoms with E-state index in [2.05, 4.69) is 39.5 Å². The van der Waals surface area contributed by atoms with Gasteiger partial charge in [0.05, 0.1) is 24.9 Å². The summed E-state index contributed by atoms with van der Waals surface area (Å²) in [6.07, 6.45) is 2.10. The third-order valence-electron chi connectivity index (χ3n) is 4.53. The maximum absolute atomic E-state index is 6.10. The van der Waals surface area contributed by atoms with E-state index in [9.17, 15) is 0 Å². The van der Waals surface area contributed by atoms with E-state index in [1.54, 1.807) is 0 Å².